The van der Waals surface area contributed by atoms with E-state index in [0.29, 0.717) is 0 Å². The van der Waals surface area contributed by atoms with Gasteiger partial charge < -0.3 is 10.2 Å². The Balaban J connectivity index is 1.57. The topological polar surface area (TPSA) is 33.3 Å². The van der Waals surface area contributed by atoms with Crippen LogP contribution in [-0.4, -0.2) is 6.61 Å². The average molecular weight is 425 g/mol. The molecule has 0 aliphatic rings. The van der Waals surface area contributed by atoms with Gasteiger partial charge in [-0.25, -0.2) is 0 Å². The smallest absolute Gasteiger partial charge is 0.144 e. The SMILES string of the molecule is CCCCCCCCCCCCCCOc1ccccc1NNc1cc(C)ccc1C. The molecule has 3 heteroatoms. The molecular formula is C28H44N2O. The summed E-state index contributed by atoms with van der Waals surface area (Å²) in [5.74, 6) is 0.906. The van der Waals surface area contributed by atoms with E-state index >= 15 is 0 Å². The quantitative estimate of drug-likeness (QED) is 0.196. The number of hydrogen-bond acceptors (Lipinski definition) is 3. The molecule has 172 valence electrons. The zero-order valence-electron chi connectivity index (χ0n) is 20.1. The Morgan fingerprint density at radius 3 is 1.90 bits per heavy atom. The summed E-state index contributed by atoms with van der Waals surface area (Å²) in [6.07, 6.45) is 16.3. The fourth-order valence-electron chi connectivity index (χ4n) is 3.83. The van der Waals surface area contributed by atoms with Gasteiger partial charge in [-0.1, -0.05) is 102 Å². The Kier molecular flexibility index (Phi) is 12.6. The van der Waals surface area contributed by atoms with Gasteiger partial charge in [0.25, 0.3) is 0 Å². The highest BCUT2D eigenvalue weighted by Gasteiger charge is 2.04. The Bertz CT molecular complexity index is 729. The molecule has 3 nitrogen and oxygen atoms in total. The van der Waals surface area contributed by atoms with Gasteiger partial charge in [-0.3, -0.25) is 5.43 Å². The van der Waals surface area contributed by atoms with Crippen LogP contribution >= 0.6 is 0 Å². The lowest BCUT2D eigenvalue weighted by atomic mass is 10.1. The second kappa shape index (κ2) is 15.6. The molecule has 0 aromatic heterocycles. The second-order valence-corrected chi connectivity index (χ2v) is 8.80. The van der Waals surface area contributed by atoms with Crippen molar-refractivity contribution in [3.8, 4) is 5.75 Å². The largest absolute Gasteiger partial charge is 0.491 e. The van der Waals surface area contributed by atoms with Gasteiger partial charge in [0.15, 0.2) is 0 Å². The molecule has 0 saturated heterocycles. The molecule has 0 saturated carbocycles. The van der Waals surface area contributed by atoms with Crippen LogP contribution in [-0.2, 0) is 0 Å². The third-order valence-corrected chi connectivity index (χ3v) is 5.87. The minimum atomic E-state index is 0.777. The van der Waals surface area contributed by atoms with Gasteiger partial charge in [-0.2, -0.15) is 0 Å². The van der Waals surface area contributed by atoms with E-state index in [1.165, 1.54) is 81.8 Å². The summed E-state index contributed by atoms with van der Waals surface area (Å²) in [4.78, 5) is 0. The molecule has 0 amide bonds. The van der Waals surface area contributed by atoms with Crippen molar-refractivity contribution in [2.75, 3.05) is 17.5 Å². The van der Waals surface area contributed by atoms with Crippen molar-refractivity contribution >= 4 is 11.4 Å². The summed E-state index contributed by atoms with van der Waals surface area (Å²) >= 11 is 0. The van der Waals surface area contributed by atoms with Crippen LogP contribution in [0.25, 0.3) is 0 Å². The average Bonchev–Trinajstić information content (AvgIpc) is 2.78. The molecular weight excluding hydrogens is 380 g/mol. The molecule has 0 aliphatic carbocycles. The number of para-hydroxylation sites is 2. The molecule has 0 spiro atoms. The standard InChI is InChI=1S/C28H44N2O/c1-4-5-6-7-8-9-10-11-12-13-14-17-22-31-28-19-16-15-18-26(28)29-30-27-23-24(2)20-21-25(27)3/h15-16,18-21,23,29-30H,4-14,17,22H2,1-3H3. The van der Waals surface area contributed by atoms with E-state index in [2.05, 4.69) is 55.9 Å². The van der Waals surface area contributed by atoms with Crippen LogP contribution < -0.4 is 15.6 Å². The van der Waals surface area contributed by atoms with Crippen molar-refractivity contribution in [1.82, 2.24) is 0 Å². The summed E-state index contributed by atoms with van der Waals surface area (Å²) < 4.78 is 6.07. The molecule has 0 radical (unpaired) electrons. The molecule has 2 aromatic rings. The molecule has 2 N–H and O–H groups in total. The van der Waals surface area contributed by atoms with Crippen molar-refractivity contribution < 1.29 is 4.74 Å². The molecule has 31 heavy (non-hydrogen) atoms. The van der Waals surface area contributed by atoms with E-state index in [1.54, 1.807) is 0 Å². The Morgan fingerprint density at radius 2 is 1.23 bits per heavy atom. The maximum Gasteiger partial charge on any atom is 0.144 e. The molecule has 0 atom stereocenters. The third-order valence-electron chi connectivity index (χ3n) is 5.87. The van der Waals surface area contributed by atoms with Gasteiger partial charge in [-0.15, -0.1) is 0 Å². The molecule has 2 rings (SSSR count). The fourth-order valence-corrected chi connectivity index (χ4v) is 3.83. The van der Waals surface area contributed by atoms with Gasteiger partial charge in [-0.05, 0) is 49.6 Å². The van der Waals surface area contributed by atoms with Gasteiger partial charge in [0.05, 0.1) is 18.0 Å². The first-order chi connectivity index (χ1) is 15.2. The van der Waals surface area contributed by atoms with E-state index in [1.807, 2.05) is 18.2 Å². The molecule has 0 fully saturated rings. The van der Waals surface area contributed by atoms with E-state index in [-0.39, 0.29) is 0 Å². The monoisotopic (exact) mass is 424 g/mol. The highest BCUT2D eigenvalue weighted by atomic mass is 16.5. The van der Waals surface area contributed by atoms with Crippen LogP contribution in [0, 0.1) is 13.8 Å². The van der Waals surface area contributed by atoms with Gasteiger partial charge >= 0.3 is 0 Å². The molecule has 0 heterocycles. The van der Waals surface area contributed by atoms with E-state index in [0.717, 1.165) is 30.2 Å². The summed E-state index contributed by atoms with van der Waals surface area (Å²) in [7, 11) is 0. The second-order valence-electron chi connectivity index (χ2n) is 8.80. The van der Waals surface area contributed by atoms with E-state index < -0.39 is 0 Å². The molecule has 0 bridgehead atoms. The van der Waals surface area contributed by atoms with Crippen LogP contribution in [0.3, 0.4) is 0 Å². The number of anilines is 2. The van der Waals surface area contributed by atoms with Crippen molar-refractivity contribution in [3.05, 3.63) is 53.6 Å². The fraction of sp³-hybridized carbons (Fsp3) is 0.571. The summed E-state index contributed by atoms with van der Waals surface area (Å²) in [6, 6.07) is 14.6. The van der Waals surface area contributed by atoms with Gasteiger partial charge in [0.1, 0.15) is 5.75 Å². The number of hydrazine groups is 1. The Morgan fingerprint density at radius 1 is 0.645 bits per heavy atom. The van der Waals surface area contributed by atoms with Crippen molar-refractivity contribution in [2.24, 2.45) is 0 Å². The van der Waals surface area contributed by atoms with E-state index in [9.17, 15) is 0 Å². The number of benzene rings is 2. The summed E-state index contributed by atoms with van der Waals surface area (Å²) in [5.41, 5.74) is 11.2. The van der Waals surface area contributed by atoms with Crippen LogP contribution in [0.4, 0.5) is 11.4 Å². The van der Waals surface area contributed by atoms with Crippen LogP contribution in [0.2, 0.25) is 0 Å². The highest BCUT2D eigenvalue weighted by molar-refractivity contribution is 5.62. The lowest BCUT2D eigenvalue weighted by molar-refractivity contribution is 0.305. The van der Waals surface area contributed by atoms with E-state index in [4.69, 9.17) is 4.74 Å². The Labute approximate surface area is 191 Å². The molecule has 0 aliphatic heterocycles. The highest BCUT2D eigenvalue weighted by Crippen LogP contribution is 2.25. The first-order valence-corrected chi connectivity index (χ1v) is 12.5. The number of rotatable bonds is 17. The van der Waals surface area contributed by atoms with Crippen molar-refractivity contribution in [1.29, 1.82) is 0 Å². The van der Waals surface area contributed by atoms with Crippen LogP contribution in [0.15, 0.2) is 42.5 Å². The maximum atomic E-state index is 6.07. The number of ether oxygens (including phenoxy) is 1. The van der Waals surface area contributed by atoms with Crippen molar-refractivity contribution in [3.63, 3.8) is 0 Å². The van der Waals surface area contributed by atoms with Crippen molar-refractivity contribution in [2.45, 2.75) is 97.8 Å². The number of nitrogens with one attached hydrogen (secondary N) is 2. The number of hydrogen-bond donors (Lipinski definition) is 2. The first-order valence-electron chi connectivity index (χ1n) is 12.5. The molecule has 0 unspecified atom stereocenters. The minimum Gasteiger partial charge on any atom is -0.491 e. The van der Waals surface area contributed by atoms with Gasteiger partial charge in [0, 0.05) is 0 Å². The zero-order chi connectivity index (χ0) is 22.2. The first kappa shape index (κ1) is 25.1. The third kappa shape index (κ3) is 10.6. The lowest BCUT2D eigenvalue weighted by Gasteiger charge is -2.16. The predicted molar refractivity (Wildman–Crippen MR) is 136 cm³/mol. The van der Waals surface area contributed by atoms with Crippen LogP contribution in [0.1, 0.15) is 95.1 Å². The minimum absolute atomic E-state index is 0.777. The summed E-state index contributed by atoms with van der Waals surface area (Å²) in [5, 5.41) is 0. The Hall–Kier alpha value is -2.16. The number of aryl methyl sites for hydroxylation is 2. The van der Waals surface area contributed by atoms with Crippen LogP contribution in [0.5, 0.6) is 5.75 Å². The van der Waals surface area contributed by atoms with Gasteiger partial charge in [0.2, 0.25) is 0 Å². The summed E-state index contributed by atoms with van der Waals surface area (Å²) in [6.45, 7) is 7.28. The molecule has 2 aromatic carbocycles. The maximum absolute atomic E-state index is 6.07. The number of unbranched alkanes of at least 4 members (excludes halogenated alkanes) is 11. The zero-order valence-corrected chi connectivity index (χ0v) is 20.1. The normalized spacial score (nSPS) is 10.8. The predicted octanol–water partition coefficient (Wildman–Crippen LogP) is 8.82. The lowest BCUT2D eigenvalue weighted by Crippen LogP contribution is -2.11.